The van der Waals surface area contributed by atoms with Gasteiger partial charge in [0.15, 0.2) is 0 Å². The zero-order chi connectivity index (χ0) is 10.8. The molecule has 0 aliphatic carbocycles. The molecule has 0 saturated heterocycles. The summed E-state index contributed by atoms with van der Waals surface area (Å²) >= 11 is 0. The van der Waals surface area contributed by atoms with Gasteiger partial charge in [0.25, 0.3) is 0 Å². The first-order valence-corrected chi connectivity index (χ1v) is 4.49. The van der Waals surface area contributed by atoms with E-state index in [0.29, 0.717) is 5.69 Å². The third-order valence-corrected chi connectivity index (χ3v) is 1.88. The molecule has 1 rings (SSSR count). The molecule has 0 spiro atoms. The third kappa shape index (κ3) is 2.27. The van der Waals surface area contributed by atoms with Gasteiger partial charge in [-0.25, -0.2) is 5.06 Å². The van der Waals surface area contributed by atoms with Gasteiger partial charge in [0, 0.05) is 5.56 Å². The van der Waals surface area contributed by atoms with Crippen molar-refractivity contribution in [3.63, 3.8) is 0 Å². The van der Waals surface area contributed by atoms with E-state index in [4.69, 9.17) is 6.42 Å². The van der Waals surface area contributed by atoms with Crippen molar-refractivity contribution in [2.24, 2.45) is 0 Å². The summed E-state index contributed by atoms with van der Waals surface area (Å²) in [5, 5.41) is 12.7. The Hall–Kier alpha value is -1.46. The lowest BCUT2D eigenvalue weighted by molar-refractivity contribution is 0.102. The van der Waals surface area contributed by atoms with Crippen LogP contribution in [-0.2, 0) is 5.21 Å². The number of rotatable bonds is 1. The zero-order valence-corrected chi connectivity index (χ0v) is 8.74. The fourth-order valence-electron chi connectivity index (χ4n) is 1.08. The summed E-state index contributed by atoms with van der Waals surface area (Å²) < 4.78 is 0. The van der Waals surface area contributed by atoms with Gasteiger partial charge in [-0.3, -0.25) is 0 Å². The van der Waals surface area contributed by atoms with Crippen molar-refractivity contribution >= 4 is 5.69 Å². The van der Waals surface area contributed by atoms with Crippen LogP contribution in [0.2, 0.25) is 0 Å². The SMILES string of the molecule is C#Cc1ccc(N([O])C(C)(C)C)cc1. The Morgan fingerprint density at radius 2 is 1.71 bits per heavy atom. The maximum absolute atomic E-state index is 11.7. The van der Waals surface area contributed by atoms with Gasteiger partial charge in [0.05, 0.1) is 11.2 Å². The number of hydrogen-bond donors (Lipinski definition) is 0. The Labute approximate surface area is 85.1 Å². The maximum atomic E-state index is 11.7. The number of anilines is 1. The molecular formula is C12H14NO. The van der Waals surface area contributed by atoms with Crippen molar-refractivity contribution < 1.29 is 5.21 Å². The van der Waals surface area contributed by atoms with Crippen molar-refractivity contribution in [2.45, 2.75) is 26.3 Å². The summed E-state index contributed by atoms with van der Waals surface area (Å²) in [6.45, 7) is 5.61. The quantitative estimate of drug-likeness (QED) is 0.490. The molecule has 0 atom stereocenters. The molecule has 1 aromatic rings. The lowest BCUT2D eigenvalue weighted by atomic mass is 10.1. The molecule has 2 nitrogen and oxygen atoms in total. The van der Waals surface area contributed by atoms with Gasteiger partial charge in [0.1, 0.15) is 0 Å². The lowest BCUT2D eigenvalue weighted by Crippen LogP contribution is -2.37. The van der Waals surface area contributed by atoms with Crippen molar-refractivity contribution in [1.29, 1.82) is 0 Å². The Kier molecular flexibility index (Phi) is 2.83. The number of hydroxylamine groups is 1. The van der Waals surface area contributed by atoms with Crippen LogP contribution in [0.3, 0.4) is 0 Å². The van der Waals surface area contributed by atoms with E-state index in [0.717, 1.165) is 10.6 Å². The number of terminal acetylenes is 1. The molecule has 0 aliphatic heterocycles. The van der Waals surface area contributed by atoms with Gasteiger partial charge in [0.2, 0.25) is 0 Å². The van der Waals surface area contributed by atoms with E-state index in [2.05, 4.69) is 5.92 Å². The van der Waals surface area contributed by atoms with Crippen LogP contribution < -0.4 is 5.06 Å². The van der Waals surface area contributed by atoms with Gasteiger partial charge in [-0.1, -0.05) is 11.1 Å². The minimum Gasteiger partial charge on any atom is -0.215 e. The van der Waals surface area contributed by atoms with Gasteiger partial charge in [-0.05, 0) is 45.0 Å². The Bertz CT molecular complexity index is 340. The first-order chi connectivity index (χ1) is 6.45. The topological polar surface area (TPSA) is 23.1 Å². The molecule has 0 heterocycles. The maximum Gasteiger partial charge on any atom is 0.0674 e. The van der Waals surface area contributed by atoms with Gasteiger partial charge < -0.3 is 0 Å². The van der Waals surface area contributed by atoms with Crippen LogP contribution in [0.5, 0.6) is 0 Å². The molecule has 0 amide bonds. The second-order valence-corrected chi connectivity index (χ2v) is 4.16. The van der Waals surface area contributed by atoms with Crippen LogP contribution in [0.15, 0.2) is 24.3 Å². The van der Waals surface area contributed by atoms with Crippen LogP contribution in [0.4, 0.5) is 5.69 Å². The van der Waals surface area contributed by atoms with E-state index in [1.54, 1.807) is 24.3 Å². The summed E-state index contributed by atoms with van der Waals surface area (Å²) in [6.07, 6.45) is 5.22. The van der Waals surface area contributed by atoms with E-state index in [9.17, 15) is 5.21 Å². The highest BCUT2D eigenvalue weighted by molar-refractivity contribution is 5.49. The molecule has 73 valence electrons. The van der Waals surface area contributed by atoms with Gasteiger partial charge >= 0.3 is 0 Å². The molecule has 0 aromatic heterocycles. The Balaban J connectivity index is 2.94. The van der Waals surface area contributed by atoms with E-state index in [-0.39, 0.29) is 0 Å². The molecule has 0 saturated carbocycles. The van der Waals surface area contributed by atoms with Gasteiger partial charge in [-0.2, -0.15) is 0 Å². The van der Waals surface area contributed by atoms with Crippen LogP contribution in [0, 0.1) is 12.3 Å². The minimum atomic E-state index is -0.419. The first kappa shape index (κ1) is 10.6. The highest BCUT2D eigenvalue weighted by atomic mass is 16.5. The van der Waals surface area contributed by atoms with Gasteiger partial charge in [-0.15, -0.1) is 6.42 Å². The second kappa shape index (κ2) is 3.73. The van der Waals surface area contributed by atoms with E-state index < -0.39 is 5.54 Å². The summed E-state index contributed by atoms with van der Waals surface area (Å²) in [7, 11) is 0. The molecule has 0 aliphatic rings. The first-order valence-electron chi connectivity index (χ1n) is 4.49. The van der Waals surface area contributed by atoms with E-state index in [1.165, 1.54) is 0 Å². The van der Waals surface area contributed by atoms with E-state index >= 15 is 0 Å². The monoisotopic (exact) mass is 188 g/mol. The predicted octanol–water partition coefficient (Wildman–Crippen LogP) is 2.62. The predicted molar refractivity (Wildman–Crippen MR) is 57.3 cm³/mol. The lowest BCUT2D eigenvalue weighted by Gasteiger charge is -2.28. The van der Waals surface area contributed by atoms with Crippen molar-refractivity contribution in [1.82, 2.24) is 0 Å². The molecular weight excluding hydrogens is 174 g/mol. The van der Waals surface area contributed by atoms with Crippen molar-refractivity contribution in [2.75, 3.05) is 5.06 Å². The normalized spacial score (nSPS) is 10.8. The summed E-state index contributed by atoms with van der Waals surface area (Å²) in [4.78, 5) is 0. The van der Waals surface area contributed by atoms with Crippen LogP contribution in [0.1, 0.15) is 26.3 Å². The molecule has 0 bridgehead atoms. The molecule has 2 heteroatoms. The van der Waals surface area contributed by atoms with Crippen molar-refractivity contribution in [3.8, 4) is 12.3 Å². The highest BCUT2D eigenvalue weighted by Crippen LogP contribution is 2.21. The second-order valence-electron chi connectivity index (χ2n) is 4.16. The molecule has 0 fully saturated rings. The summed E-state index contributed by atoms with van der Waals surface area (Å²) in [5.41, 5.74) is 1.00. The molecule has 0 unspecified atom stereocenters. The van der Waals surface area contributed by atoms with Crippen LogP contribution >= 0.6 is 0 Å². The summed E-state index contributed by atoms with van der Waals surface area (Å²) in [6, 6.07) is 7.03. The number of hydrogen-bond acceptors (Lipinski definition) is 1. The average Bonchev–Trinajstić information content (AvgIpc) is 2.15. The fraction of sp³-hybridized carbons (Fsp3) is 0.333. The highest BCUT2D eigenvalue weighted by Gasteiger charge is 2.21. The average molecular weight is 188 g/mol. The van der Waals surface area contributed by atoms with Crippen molar-refractivity contribution in [3.05, 3.63) is 29.8 Å². The number of benzene rings is 1. The Morgan fingerprint density at radius 3 is 2.07 bits per heavy atom. The third-order valence-electron chi connectivity index (χ3n) is 1.88. The minimum absolute atomic E-state index is 0.419. The Morgan fingerprint density at radius 1 is 1.21 bits per heavy atom. The smallest absolute Gasteiger partial charge is 0.0674 e. The molecule has 1 aromatic carbocycles. The number of nitrogens with zero attached hydrogens (tertiary/aromatic N) is 1. The van der Waals surface area contributed by atoms with Crippen LogP contribution in [0.25, 0.3) is 0 Å². The molecule has 14 heavy (non-hydrogen) atoms. The fourth-order valence-corrected chi connectivity index (χ4v) is 1.08. The summed E-state index contributed by atoms with van der Waals surface area (Å²) in [5.74, 6) is 2.51. The molecule has 1 radical (unpaired) electrons. The molecule has 0 N–H and O–H groups in total. The van der Waals surface area contributed by atoms with E-state index in [1.807, 2.05) is 20.8 Å². The largest absolute Gasteiger partial charge is 0.215 e. The zero-order valence-electron chi connectivity index (χ0n) is 8.74. The standard InChI is InChI=1S/C12H14NO/c1-5-10-6-8-11(9-7-10)13(14)12(2,3)4/h1,6-9H,2-4H3. The van der Waals surface area contributed by atoms with Crippen LogP contribution in [-0.4, -0.2) is 5.54 Å².